The summed E-state index contributed by atoms with van der Waals surface area (Å²) in [5, 5.41) is 11.5. The Morgan fingerprint density at radius 3 is 3.06 bits per heavy atom. The van der Waals surface area contributed by atoms with Crippen LogP contribution in [0, 0.1) is 0 Å². The van der Waals surface area contributed by atoms with Gasteiger partial charge in [0.05, 0.1) is 0 Å². The van der Waals surface area contributed by atoms with E-state index in [-0.39, 0.29) is 5.91 Å². The number of hydrogen-bond acceptors (Lipinski definition) is 6. The van der Waals surface area contributed by atoms with E-state index in [0.717, 1.165) is 39.1 Å². The van der Waals surface area contributed by atoms with Crippen molar-refractivity contribution in [1.29, 1.82) is 0 Å². The van der Waals surface area contributed by atoms with Gasteiger partial charge in [0.2, 0.25) is 0 Å². The first kappa shape index (κ1) is 12.4. The average Bonchev–Trinajstić information content (AvgIpc) is 2.89. The van der Waals surface area contributed by atoms with Crippen LogP contribution in [-0.4, -0.2) is 59.7 Å². The summed E-state index contributed by atoms with van der Waals surface area (Å²) in [6, 6.07) is 0. The fourth-order valence-corrected chi connectivity index (χ4v) is 2.23. The molecule has 1 aromatic rings. The predicted octanol–water partition coefficient (Wildman–Crippen LogP) is -0.437. The van der Waals surface area contributed by atoms with Crippen molar-refractivity contribution in [3.63, 3.8) is 0 Å². The molecule has 0 bridgehead atoms. The lowest BCUT2D eigenvalue weighted by Crippen LogP contribution is -2.44. The summed E-state index contributed by atoms with van der Waals surface area (Å²) in [5.74, 6) is -0.126. The van der Waals surface area contributed by atoms with E-state index in [0.29, 0.717) is 12.2 Å². The van der Waals surface area contributed by atoms with Crippen LogP contribution in [-0.2, 0) is 0 Å². The number of carbonyl (C=O) groups is 1. The second kappa shape index (κ2) is 6.63. The molecule has 1 aromatic heterocycles. The van der Waals surface area contributed by atoms with Crippen molar-refractivity contribution in [3.05, 3.63) is 11.1 Å². The number of hydrogen-bond donors (Lipinski definition) is 2. The molecule has 0 atom stereocenters. The molecule has 1 fully saturated rings. The molecule has 1 aliphatic heterocycles. The smallest absolute Gasteiger partial charge is 0.272 e. The third-order valence-electron chi connectivity index (χ3n) is 2.74. The molecule has 1 aliphatic rings. The average molecular weight is 255 g/mol. The number of amides is 1. The predicted molar refractivity (Wildman–Crippen MR) is 66.2 cm³/mol. The minimum atomic E-state index is -0.126. The molecule has 1 saturated heterocycles. The first-order valence-corrected chi connectivity index (χ1v) is 6.68. The molecule has 0 saturated carbocycles. The Bertz CT molecular complexity index is 336. The van der Waals surface area contributed by atoms with Crippen LogP contribution in [0.1, 0.15) is 16.9 Å². The van der Waals surface area contributed by atoms with Gasteiger partial charge >= 0.3 is 0 Å². The fraction of sp³-hybridized carbons (Fsp3) is 0.700. The Kier molecular flexibility index (Phi) is 4.84. The van der Waals surface area contributed by atoms with Crippen LogP contribution in [0.4, 0.5) is 0 Å². The second-order valence-electron chi connectivity index (χ2n) is 3.99. The lowest BCUT2D eigenvalue weighted by atomic mass is 10.3. The molecule has 6 nitrogen and oxygen atoms in total. The first-order chi connectivity index (χ1) is 8.36. The highest BCUT2D eigenvalue weighted by Crippen LogP contribution is 1.97. The Hall–Kier alpha value is -1.05. The van der Waals surface area contributed by atoms with E-state index in [1.165, 1.54) is 11.5 Å². The van der Waals surface area contributed by atoms with Crippen molar-refractivity contribution < 1.29 is 4.79 Å². The summed E-state index contributed by atoms with van der Waals surface area (Å²) >= 11 is 1.19. The van der Waals surface area contributed by atoms with Crippen molar-refractivity contribution in [3.8, 4) is 0 Å². The molecular formula is C10H17N5OS. The zero-order chi connectivity index (χ0) is 11.9. The van der Waals surface area contributed by atoms with Crippen LogP contribution in [0.5, 0.6) is 0 Å². The van der Waals surface area contributed by atoms with E-state index >= 15 is 0 Å². The minimum Gasteiger partial charge on any atom is -0.351 e. The summed E-state index contributed by atoms with van der Waals surface area (Å²) in [5.41, 5.74) is 0.414. The third kappa shape index (κ3) is 4.03. The van der Waals surface area contributed by atoms with Gasteiger partial charge in [0, 0.05) is 38.1 Å². The molecule has 2 N–H and O–H groups in total. The highest BCUT2D eigenvalue weighted by Gasteiger charge is 2.10. The molecule has 7 heteroatoms. The Morgan fingerprint density at radius 2 is 2.35 bits per heavy atom. The minimum absolute atomic E-state index is 0.126. The van der Waals surface area contributed by atoms with Crippen LogP contribution in [0.15, 0.2) is 5.38 Å². The van der Waals surface area contributed by atoms with Crippen LogP contribution in [0.2, 0.25) is 0 Å². The van der Waals surface area contributed by atoms with Gasteiger partial charge in [-0.1, -0.05) is 4.49 Å². The van der Waals surface area contributed by atoms with Crippen molar-refractivity contribution in [2.75, 3.05) is 39.3 Å². The Morgan fingerprint density at radius 1 is 1.53 bits per heavy atom. The maximum absolute atomic E-state index is 11.5. The summed E-state index contributed by atoms with van der Waals surface area (Å²) in [6.45, 7) is 6.07. The molecule has 94 valence electrons. The topological polar surface area (TPSA) is 70.2 Å². The number of rotatable bonds is 5. The van der Waals surface area contributed by atoms with Crippen molar-refractivity contribution in [2.45, 2.75) is 6.42 Å². The van der Waals surface area contributed by atoms with E-state index in [2.05, 4.69) is 25.1 Å². The molecule has 0 spiro atoms. The molecule has 2 heterocycles. The maximum Gasteiger partial charge on any atom is 0.272 e. The summed E-state index contributed by atoms with van der Waals surface area (Å²) < 4.78 is 3.66. The molecule has 0 aromatic carbocycles. The van der Waals surface area contributed by atoms with Crippen molar-refractivity contribution in [2.24, 2.45) is 0 Å². The first-order valence-electron chi connectivity index (χ1n) is 5.84. The molecule has 0 unspecified atom stereocenters. The van der Waals surface area contributed by atoms with Crippen LogP contribution < -0.4 is 10.6 Å². The third-order valence-corrected chi connectivity index (χ3v) is 3.24. The molecular weight excluding hydrogens is 238 g/mol. The summed E-state index contributed by atoms with van der Waals surface area (Å²) in [4.78, 5) is 13.9. The SMILES string of the molecule is O=C(NCCCN1CCNCC1)c1csnn1. The van der Waals surface area contributed by atoms with E-state index in [9.17, 15) is 4.79 Å². The zero-order valence-electron chi connectivity index (χ0n) is 9.69. The molecule has 0 aliphatic carbocycles. The van der Waals surface area contributed by atoms with Gasteiger partial charge < -0.3 is 15.5 Å². The van der Waals surface area contributed by atoms with Crippen molar-refractivity contribution in [1.82, 2.24) is 25.1 Å². The molecule has 17 heavy (non-hydrogen) atoms. The van der Waals surface area contributed by atoms with Crippen LogP contribution in [0.3, 0.4) is 0 Å². The number of nitrogens with zero attached hydrogens (tertiary/aromatic N) is 3. The Labute approximate surface area is 105 Å². The largest absolute Gasteiger partial charge is 0.351 e. The molecule has 2 rings (SSSR count). The summed E-state index contributed by atoms with van der Waals surface area (Å²) in [7, 11) is 0. The van der Waals surface area contributed by atoms with Crippen LogP contribution in [0.25, 0.3) is 0 Å². The summed E-state index contributed by atoms with van der Waals surface area (Å²) in [6.07, 6.45) is 0.976. The van der Waals surface area contributed by atoms with Gasteiger partial charge in [0.15, 0.2) is 5.69 Å². The van der Waals surface area contributed by atoms with Gasteiger partial charge in [-0.2, -0.15) is 0 Å². The van der Waals surface area contributed by atoms with Gasteiger partial charge in [-0.05, 0) is 24.5 Å². The van der Waals surface area contributed by atoms with E-state index in [4.69, 9.17) is 0 Å². The lowest BCUT2D eigenvalue weighted by molar-refractivity contribution is 0.0946. The maximum atomic E-state index is 11.5. The van der Waals surface area contributed by atoms with Crippen LogP contribution >= 0.6 is 11.5 Å². The highest BCUT2D eigenvalue weighted by molar-refractivity contribution is 7.03. The van der Waals surface area contributed by atoms with E-state index in [1.54, 1.807) is 5.38 Å². The zero-order valence-corrected chi connectivity index (χ0v) is 10.5. The van der Waals surface area contributed by atoms with Crippen molar-refractivity contribution >= 4 is 17.4 Å². The number of nitrogens with one attached hydrogen (secondary N) is 2. The molecule has 1 amide bonds. The van der Waals surface area contributed by atoms with Gasteiger partial charge in [0.25, 0.3) is 5.91 Å². The quantitative estimate of drug-likeness (QED) is 0.698. The fourth-order valence-electron chi connectivity index (χ4n) is 1.79. The number of piperazine rings is 1. The molecule has 0 radical (unpaired) electrons. The van der Waals surface area contributed by atoms with Gasteiger partial charge in [-0.3, -0.25) is 4.79 Å². The second-order valence-corrected chi connectivity index (χ2v) is 4.60. The van der Waals surface area contributed by atoms with Gasteiger partial charge in [0.1, 0.15) is 0 Å². The Balaban J connectivity index is 1.58. The number of aromatic nitrogens is 2. The normalized spacial score (nSPS) is 16.9. The van der Waals surface area contributed by atoms with E-state index < -0.39 is 0 Å². The van der Waals surface area contributed by atoms with E-state index in [1.807, 2.05) is 0 Å². The van der Waals surface area contributed by atoms with Gasteiger partial charge in [-0.25, -0.2) is 0 Å². The van der Waals surface area contributed by atoms with Gasteiger partial charge in [-0.15, -0.1) is 5.10 Å². The highest BCUT2D eigenvalue weighted by atomic mass is 32.1. The monoisotopic (exact) mass is 255 g/mol. The lowest BCUT2D eigenvalue weighted by Gasteiger charge is -2.26. The number of carbonyl (C=O) groups excluding carboxylic acids is 1. The standard InChI is InChI=1S/C10H17N5OS/c16-10(9-8-17-14-13-9)12-2-1-5-15-6-3-11-4-7-15/h8,11H,1-7H2,(H,12,16).